The van der Waals surface area contributed by atoms with Crippen LogP contribution in [-0.2, 0) is 17.6 Å². The normalized spacial score (nSPS) is 21.9. The van der Waals surface area contributed by atoms with Crippen LogP contribution in [0.15, 0.2) is 12.1 Å². The van der Waals surface area contributed by atoms with Crippen LogP contribution in [0, 0.1) is 0 Å². The number of hydrogen-bond acceptors (Lipinski definition) is 4. The molecule has 4 heteroatoms. The highest BCUT2D eigenvalue weighted by Gasteiger charge is 2.38. The number of hydrogen-bond donors (Lipinski definition) is 1. The van der Waals surface area contributed by atoms with Crippen LogP contribution in [-0.4, -0.2) is 22.8 Å². The Labute approximate surface area is 106 Å². The highest BCUT2D eigenvalue weighted by Crippen LogP contribution is 2.42. The second-order valence-corrected chi connectivity index (χ2v) is 5.47. The number of carbonyl (C=O) groups is 1. The number of aryl methyl sites for hydroxylation is 1. The average molecular weight is 248 g/mol. The number of aliphatic hydroxyl groups is 1. The lowest BCUT2D eigenvalue weighted by Gasteiger charge is -2.24. The van der Waals surface area contributed by atoms with Gasteiger partial charge in [-0.3, -0.25) is 4.79 Å². The molecule has 3 rings (SSSR count). The van der Waals surface area contributed by atoms with Crippen LogP contribution < -0.4 is 9.47 Å². The molecule has 0 bridgehead atoms. The molecule has 1 aromatic rings. The standard InChI is InChI=1S/C14H16O4/c1-14(2,16)11-7-9-10(17-11)5-3-8-4-6-12(15)18-13(8)9/h3,5,11,16H,4,6-7H2,1-2H3. The summed E-state index contributed by atoms with van der Waals surface area (Å²) in [5, 5.41) is 10.0. The van der Waals surface area contributed by atoms with Crippen molar-refractivity contribution in [1.82, 2.24) is 0 Å². The summed E-state index contributed by atoms with van der Waals surface area (Å²) < 4.78 is 11.1. The Balaban J connectivity index is 1.99. The van der Waals surface area contributed by atoms with Crippen LogP contribution in [0.25, 0.3) is 0 Å². The van der Waals surface area contributed by atoms with E-state index in [1.807, 2.05) is 12.1 Å². The minimum Gasteiger partial charge on any atom is -0.487 e. The number of carbonyl (C=O) groups excluding carboxylic acids is 1. The average Bonchev–Trinajstić information content (AvgIpc) is 2.72. The maximum Gasteiger partial charge on any atom is 0.311 e. The molecule has 96 valence electrons. The Kier molecular flexibility index (Phi) is 2.38. The van der Waals surface area contributed by atoms with Crippen molar-refractivity contribution in [2.75, 3.05) is 0 Å². The second-order valence-electron chi connectivity index (χ2n) is 5.47. The molecule has 0 aliphatic carbocycles. The van der Waals surface area contributed by atoms with Crippen molar-refractivity contribution in [1.29, 1.82) is 0 Å². The van der Waals surface area contributed by atoms with Gasteiger partial charge in [0.2, 0.25) is 0 Å². The maximum atomic E-state index is 11.4. The Morgan fingerprint density at radius 2 is 2.11 bits per heavy atom. The zero-order chi connectivity index (χ0) is 12.9. The summed E-state index contributed by atoms with van der Waals surface area (Å²) in [6.45, 7) is 3.45. The predicted molar refractivity (Wildman–Crippen MR) is 64.8 cm³/mol. The van der Waals surface area contributed by atoms with Crippen LogP contribution in [0.3, 0.4) is 0 Å². The van der Waals surface area contributed by atoms with Crippen molar-refractivity contribution >= 4 is 5.97 Å². The quantitative estimate of drug-likeness (QED) is 0.606. The number of benzene rings is 1. The third-order valence-electron chi connectivity index (χ3n) is 3.56. The predicted octanol–water partition coefficient (Wildman–Crippen LogP) is 1.61. The van der Waals surface area contributed by atoms with Crippen molar-refractivity contribution in [3.8, 4) is 11.5 Å². The molecule has 2 aliphatic rings. The molecule has 0 saturated carbocycles. The molecule has 1 aromatic carbocycles. The van der Waals surface area contributed by atoms with Crippen molar-refractivity contribution < 1.29 is 19.4 Å². The van der Waals surface area contributed by atoms with E-state index in [4.69, 9.17) is 9.47 Å². The summed E-state index contributed by atoms with van der Waals surface area (Å²) in [5.41, 5.74) is 1.05. The summed E-state index contributed by atoms with van der Waals surface area (Å²) in [6, 6.07) is 3.84. The van der Waals surface area contributed by atoms with Crippen molar-refractivity contribution in [3.05, 3.63) is 23.3 Å². The summed E-state index contributed by atoms with van der Waals surface area (Å²) in [7, 11) is 0. The van der Waals surface area contributed by atoms with E-state index >= 15 is 0 Å². The third kappa shape index (κ3) is 1.77. The molecule has 2 aliphatic heterocycles. The van der Waals surface area contributed by atoms with Crippen LogP contribution in [0.5, 0.6) is 11.5 Å². The van der Waals surface area contributed by atoms with Gasteiger partial charge in [0.25, 0.3) is 0 Å². The van der Waals surface area contributed by atoms with Crippen molar-refractivity contribution in [3.63, 3.8) is 0 Å². The van der Waals surface area contributed by atoms with Gasteiger partial charge in [-0.15, -0.1) is 0 Å². The Morgan fingerprint density at radius 1 is 1.33 bits per heavy atom. The van der Waals surface area contributed by atoms with Crippen molar-refractivity contribution in [2.24, 2.45) is 0 Å². The smallest absolute Gasteiger partial charge is 0.311 e. The third-order valence-corrected chi connectivity index (χ3v) is 3.56. The SMILES string of the molecule is CC(C)(O)C1Cc2c(ccc3c2OC(=O)CC3)O1. The van der Waals surface area contributed by atoms with Crippen LogP contribution >= 0.6 is 0 Å². The number of ether oxygens (including phenoxy) is 2. The Morgan fingerprint density at radius 3 is 2.83 bits per heavy atom. The van der Waals surface area contributed by atoms with Crippen LogP contribution in [0.1, 0.15) is 31.4 Å². The van der Waals surface area contributed by atoms with E-state index in [1.165, 1.54) is 0 Å². The number of fused-ring (bicyclic) bond motifs is 3. The summed E-state index contributed by atoms with van der Waals surface area (Å²) in [6.07, 6.45) is 1.44. The summed E-state index contributed by atoms with van der Waals surface area (Å²) >= 11 is 0. The highest BCUT2D eigenvalue weighted by molar-refractivity contribution is 5.76. The fourth-order valence-electron chi connectivity index (χ4n) is 2.46. The van der Waals surface area contributed by atoms with E-state index in [9.17, 15) is 9.90 Å². The molecule has 18 heavy (non-hydrogen) atoms. The first-order chi connectivity index (χ1) is 8.45. The van der Waals surface area contributed by atoms with E-state index in [0.717, 1.165) is 16.9 Å². The van der Waals surface area contributed by atoms with Gasteiger partial charge >= 0.3 is 5.97 Å². The van der Waals surface area contributed by atoms with Gasteiger partial charge in [-0.2, -0.15) is 0 Å². The van der Waals surface area contributed by atoms with Gasteiger partial charge in [0.15, 0.2) is 0 Å². The van der Waals surface area contributed by atoms with Gasteiger partial charge in [0, 0.05) is 12.0 Å². The molecular weight excluding hydrogens is 232 g/mol. The summed E-state index contributed by atoms with van der Waals surface area (Å²) in [4.78, 5) is 11.4. The first-order valence-electron chi connectivity index (χ1n) is 6.19. The van der Waals surface area contributed by atoms with Gasteiger partial charge in [0.1, 0.15) is 17.6 Å². The second kappa shape index (κ2) is 3.72. The highest BCUT2D eigenvalue weighted by atomic mass is 16.5. The van der Waals surface area contributed by atoms with Crippen LogP contribution in [0.4, 0.5) is 0 Å². The van der Waals surface area contributed by atoms with Gasteiger partial charge in [-0.25, -0.2) is 0 Å². The molecule has 4 nitrogen and oxygen atoms in total. The fraction of sp³-hybridized carbons (Fsp3) is 0.500. The lowest BCUT2D eigenvalue weighted by Crippen LogP contribution is -2.39. The molecule has 0 aromatic heterocycles. The topological polar surface area (TPSA) is 55.8 Å². The molecular formula is C14H16O4. The zero-order valence-electron chi connectivity index (χ0n) is 10.5. The minimum atomic E-state index is -0.912. The molecule has 1 unspecified atom stereocenters. The molecule has 1 N–H and O–H groups in total. The lowest BCUT2D eigenvalue weighted by molar-refractivity contribution is -0.135. The monoisotopic (exact) mass is 248 g/mol. The van der Waals surface area contributed by atoms with E-state index in [-0.39, 0.29) is 12.1 Å². The van der Waals surface area contributed by atoms with Crippen molar-refractivity contribution in [2.45, 2.75) is 44.8 Å². The zero-order valence-corrected chi connectivity index (χ0v) is 10.5. The first kappa shape index (κ1) is 11.5. The fourth-order valence-corrected chi connectivity index (χ4v) is 2.46. The van der Waals surface area contributed by atoms with Crippen LogP contribution in [0.2, 0.25) is 0 Å². The maximum absolute atomic E-state index is 11.4. The molecule has 2 heterocycles. The number of rotatable bonds is 1. The van der Waals surface area contributed by atoms with Gasteiger partial charge in [0.05, 0.1) is 12.0 Å². The van der Waals surface area contributed by atoms with E-state index in [1.54, 1.807) is 13.8 Å². The molecule has 0 saturated heterocycles. The first-order valence-corrected chi connectivity index (χ1v) is 6.19. The van der Waals surface area contributed by atoms with Gasteiger partial charge in [-0.05, 0) is 31.9 Å². The van der Waals surface area contributed by atoms with Gasteiger partial charge in [-0.1, -0.05) is 6.07 Å². The Bertz CT molecular complexity index is 513. The molecule has 0 amide bonds. The molecule has 0 spiro atoms. The minimum absolute atomic E-state index is 0.192. The number of esters is 1. The largest absolute Gasteiger partial charge is 0.487 e. The van der Waals surface area contributed by atoms with E-state index in [0.29, 0.717) is 25.0 Å². The molecule has 1 atom stereocenters. The van der Waals surface area contributed by atoms with Gasteiger partial charge < -0.3 is 14.6 Å². The molecule has 0 radical (unpaired) electrons. The summed E-state index contributed by atoms with van der Waals surface area (Å²) in [5.74, 6) is 1.17. The molecule has 0 fully saturated rings. The van der Waals surface area contributed by atoms with E-state index in [2.05, 4.69) is 0 Å². The Hall–Kier alpha value is -1.55. The van der Waals surface area contributed by atoms with E-state index < -0.39 is 5.60 Å². The lowest BCUT2D eigenvalue weighted by atomic mass is 9.94.